The van der Waals surface area contributed by atoms with Crippen LogP contribution in [0.25, 0.3) is 11.3 Å². The van der Waals surface area contributed by atoms with Crippen LogP contribution in [0, 0.1) is 5.82 Å². The summed E-state index contributed by atoms with van der Waals surface area (Å²) >= 11 is 5.74. The summed E-state index contributed by atoms with van der Waals surface area (Å²) in [5.74, 6) is -1.82. The molecule has 3 aromatic rings. The number of carbonyl (C=O) groups excluding carboxylic acids is 1. The molecule has 5 nitrogen and oxygen atoms in total. The highest BCUT2D eigenvalue weighted by Gasteiger charge is 2.44. The topological polar surface area (TPSA) is 63.2 Å². The minimum absolute atomic E-state index is 0.00227. The number of hydrogen-bond donors (Lipinski definition) is 2. The average Bonchev–Trinajstić information content (AvgIpc) is 3.44. The third-order valence-electron chi connectivity index (χ3n) is 5.12. The number of aromatic nitrogens is 1. The summed E-state index contributed by atoms with van der Waals surface area (Å²) in [5.41, 5.74) is 1.88. The number of halogens is 6. The van der Waals surface area contributed by atoms with Crippen molar-refractivity contribution < 1.29 is 31.5 Å². The van der Waals surface area contributed by atoms with Crippen molar-refractivity contribution in [2.45, 2.75) is 72.0 Å². The Morgan fingerprint density at radius 3 is 2.17 bits per heavy atom. The molecule has 0 spiro atoms. The van der Waals surface area contributed by atoms with E-state index in [1.54, 1.807) is 6.20 Å². The Morgan fingerprint density at radius 2 is 1.62 bits per heavy atom. The van der Waals surface area contributed by atoms with Crippen LogP contribution in [-0.2, 0) is 0 Å². The van der Waals surface area contributed by atoms with Gasteiger partial charge in [-0.15, -0.1) is 0 Å². The molecule has 1 fully saturated rings. The maximum Gasteiger partial charge on any atom is 0.461 e. The predicted molar refractivity (Wildman–Crippen MR) is 150 cm³/mol. The van der Waals surface area contributed by atoms with Gasteiger partial charge in [-0.2, -0.15) is 17.6 Å². The molecule has 1 heterocycles. The number of carbonyl (C=O) groups is 1. The summed E-state index contributed by atoms with van der Waals surface area (Å²) in [5, 5.41) is 5.58. The third-order valence-corrected chi connectivity index (χ3v) is 5.35. The molecule has 11 heteroatoms. The molecule has 1 aliphatic carbocycles. The van der Waals surface area contributed by atoms with Crippen LogP contribution < -0.4 is 15.4 Å². The van der Waals surface area contributed by atoms with E-state index in [0.29, 0.717) is 11.1 Å². The second-order valence-electron chi connectivity index (χ2n) is 7.95. The average molecular weight is 588 g/mol. The van der Waals surface area contributed by atoms with E-state index in [4.69, 9.17) is 11.6 Å². The van der Waals surface area contributed by atoms with Crippen molar-refractivity contribution in [3.8, 4) is 17.0 Å². The van der Waals surface area contributed by atoms with Crippen molar-refractivity contribution in [3.63, 3.8) is 0 Å². The van der Waals surface area contributed by atoms with Gasteiger partial charge in [0.1, 0.15) is 11.6 Å². The number of ether oxygens (including phenoxy) is 1. The zero-order valence-electron chi connectivity index (χ0n) is 22.9. The molecule has 0 bridgehead atoms. The molecule has 1 aromatic heterocycles. The standard InChI is InChI=1S/C14H15F5N2O2.C11H8ClN.2C2H6/c15-8-5-10(21-13(22)20-9-3-1-2-4-9)7-11(6-8)23-14(18,19)12(16)17;12-10-6-7-11(13-8-10)9-4-2-1-3-5-9;2*1-2/h5-7,9,12H,1-4H2,(H2,20,21,22);1-8H;2*1-2H3. The van der Waals surface area contributed by atoms with E-state index in [2.05, 4.69) is 20.4 Å². The number of anilines is 1. The van der Waals surface area contributed by atoms with Gasteiger partial charge in [-0.05, 0) is 31.0 Å². The lowest BCUT2D eigenvalue weighted by Crippen LogP contribution is -2.36. The molecular formula is C29H35ClF5N3O2. The van der Waals surface area contributed by atoms with Gasteiger partial charge in [0.2, 0.25) is 0 Å². The summed E-state index contributed by atoms with van der Waals surface area (Å²) in [4.78, 5) is 15.9. The minimum Gasteiger partial charge on any atom is -0.428 e. The van der Waals surface area contributed by atoms with Gasteiger partial charge in [-0.25, -0.2) is 9.18 Å². The van der Waals surface area contributed by atoms with Gasteiger partial charge in [-0.1, -0.05) is 82.5 Å². The molecule has 1 aliphatic rings. The normalized spacial score (nSPS) is 12.6. The zero-order chi connectivity index (χ0) is 30.1. The van der Waals surface area contributed by atoms with E-state index in [0.717, 1.165) is 49.1 Å². The Balaban J connectivity index is 0.000000397. The zero-order valence-corrected chi connectivity index (χ0v) is 23.6. The van der Waals surface area contributed by atoms with Gasteiger partial charge in [-0.3, -0.25) is 4.98 Å². The van der Waals surface area contributed by atoms with Crippen LogP contribution in [0.5, 0.6) is 5.75 Å². The number of rotatable bonds is 6. The van der Waals surface area contributed by atoms with Crippen LogP contribution in [0.15, 0.2) is 66.9 Å². The number of alkyl halides is 4. The molecule has 0 saturated heterocycles. The number of pyridine rings is 1. The van der Waals surface area contributed by atoms with Crippen molar-refractivity contribution in [1.82, 2.24) is 10.3 Å². The first-order chi connectivity index (χ1) is 19.1. The quantitative estimate of drug-likeness (QED) is 0.282. The second kappa shape index (κ2) is 18.0. The molecule has 2 amide bonds. The van der Waals surface area contributed by atoms with E-state index >= 15 is 0 Å². The van der Waals surface area contributed by atoms with Gasteiger partial charge in [0.25, 0.3) is 0 Å². The highest BCUT2D eigenvalue weighted by Crippen LogP contribution is 2.30. The molecule has 0 atom stereocenters. The first-order valence-electron chi connectivity index (χ1n) is 13.0. The smallest absolute Gasteiger partial charge is 0.428 e. The van der Waals surface area contributed by atoms with Gasteiger partial charge in [0, 0.05) is 35.6 Å². The maximum atomic E-state index is 13.4. The van der Waals surface area contributed by atoms with Crippen LogP contribution in [0.2, 0.25) is 5.02 Å². The summed E-state index contributed by atoms with van der Waals surface area (Å²) < 4.78 is 67.0. The van der Waals surface area contributed by atoms with E-state index in [-0.39, 0.29) is 11.7 Å². The minimum atomic E-state index is -4.75. The molecule has 4 rings (SSSR count). The Bertz CT molecular complexity index is 1130. The van der Waals surface area contributed by atoms with E-state index in [1.165, 1.54) is 0 Å². The van der Waals surface area contributed by atoms with E-state index in [9.17, 15) is 26.7 Å². The molecule has 2 aromatic carbocycles. The largest absolute Gasteiger partial charge is 0.461 e. The first kappa shape index (κ1) is 34.6. The van der Waals surface area contributed by atoms with Crippen LogP contribution in [0.3, 0.4) is 0 Å². The molecule has 0 radical (unpaired) electrons. The van der Waals surface area contributed by atoms with Crippen LogP contribution in [-0.4, -0.2) is 29.6 Å². The SMILES string of the molecule is CC.CC.Clc1ccc(-c2ccccc2)nc1.O=C(Nc1cc(F)cc(OC(F)(F)C(F)F)c1)NC1CCCC1. The Hall–Kier alpha value is -3.40. The number of nitrogens with zero attached hydrogens (tertiary/aromatic N) is 1. The van der Waals surface area contributed by atoms with Crippen molar-refractivity contribution >= 4 is 23.3 Å². The predicted octanol–water partition coefficient (Wildman–Crippen LogP) is 9.58. The summed E-state index contributed by atoms with van der Waals surface area (Å²) in [7, 11) is 0. The lowest BCUT2D eigenvalue weighted by Gasteiger charge is -2.18. The Labute approximate surface area is 237 Å². The second-order valence-corrected chi connectivity index (χ2v) is 8.38. The van der Waals surface area contributed by atoms with E-state index in [1.807, 2.05) is 70.2 Å². The number of amides is 2. The lowest BCUT2D eigenvalue weighted by atomic mass is 10.1. The first-order valence-corrected chi connectivity index (χ1v) is 13.4. The van der Waals surface area contributed by atoms with Crippen molar-refractivity contribution in [2.24, 2.45) is 0 Å². The number of benzene rings is 2. The number of urea groups is 1. The molecule has 0 aliphatic heterocycles. The van der Waals surface area contributed by atoms with Crippen molar-refractivity contribution in [3.05, 3.63) is 77.7 Å². The molecule has 1 saturated carbocycles. The highest BCUT2D eigenvalue weighted by atomic mass is 35.5. The molecule has 220 valence electrons. The summed E-state index contributed by atoms with van der Waals surface area (Å²) in [6, 6.07) is 15.4. The summed E-state index contributed by atoms with van der Waals surface area (Å²) in [6.07, 6.45) is -3.53. The molecule has 2 N–H and O–H groups in total. The summed E-state index contributed by atoms with van der Waals surface area (Å²) in [6.45, 7) is 8.00. The molecular weight excluding hydrogens is 553 g/mol. The van der Waals surface area contributed by atoms with Gasteiger partial charge in [0.05, 0.1) is 10.7 Å². The van der Waals surface area contributed by atoms with Crippen molar-refractivity contribution in [1.29, 1.82) is 0 Å². The van der Waals surface area contributed by atoms with Gasteiger partial charge >= 0.3 is 18.6 Å². The van der Waals surface area contributed by atoms with Gasteiger partial charge < -0.3 is 15.4 Å². The molecule has 0 unspecified atom stereocenters. The van der Waals surface area contributed by atoms with Gasteiger partial charge in [0.15, 0.2) is 0 Å². The van der Waals surface area contributed by atoms with Crippen molar-refractivity contribution in [2.75, 3.05) is 5.32 Å². The van der Waals surface area contributed by atoms with E-state index < -0.39 is 30.1 Å². The fourth-order valence-corrected chi connectivity index (χ4v) is 3.59. The van der Waals surface area contributed by atoms with Crippen LogP contribution in [0.4, 0.5) is 32.4 Å². The van der Waals surface area contributed by atoms with Crippen LogP contribution >= 0.6 is 11.6 Å². The maximum absolute atomic E-state index is 13.4. The lowest BCUT2D eigenvalue weighted by molar-refractivity contribution is -0.253. The van der Waals surface area contributed by atoms with Crippen LogP contribution in [0.1, 0.15) is 53.4 Å². The monoisotopic (exact) mass is 587 g/mol. The number of nitrogens with one attached hydrogen (secondary N) is 2. The number of hydrogen-bond acceptors (Lipinski definition) is 3. The fourth-order valence-electron chi connectivity index (χ4n) is 3.47. The third kappa shape index (κ3) is 12.2. The molecule has 40 heavy (non-hydrogen) atoms. The fraction of sp³-hybridized carbons (Fsp3) is 0.379. The Morgan fingerprint density at radius 1 is 1.00 bits per heavy atom. The Kier molecular flexibility index (Phi) is 15.6. The highest BCUT2D eigenvalue weighted by molar-refractivity contribution is 6.30.